The van der Waals surface area contributed by atoms with Crippen molar-refractivity contribution in [2.75, 3.05) is 18.7 Å². The van der Waals surface area contributed by atoms with Crippen molar-refractivity contribution in [3.05, 3.63) is 24.2 Å². The highest BCUT2D eigenvalue weighted by Crippen LogP contribution is 2.35. The van der Waals surface area contributed by atoms with E-state index in [0.29, 0.717) is 28.6 Å². The molecule has 26 heavy (non-hydrogen) atoms. The van der Waals surface area contributed by atoms with Gasteiger partial charge in [0.15, 0.2) is 17.4 Å². The Morgan fingerprint density at radius 2 is 2.12 bits per heavy atom. The lowest BCUT2D eigenvalue weighted by Crippen LogP contribution is -2.09. The molecule has 3 aromatic heterocycles. The fourth-order valence-electron chi connectivity index (χ4n) is 2.31. The molecule has 3 aromatic rings. The summed E-state index contributed by atoms with van der Waals surface area (Å²) in [6, 6.07) is 1.85. The highest BCUT2D eigenvalue weighted by Gasteiger charge is 2.21. The zero-order valence-corrected chi connectivity index (χ0v) is 16.9. The molecule has 0 radical (unpaired) electrons. The number of nitrogens with one attached hydrogen (secondary N) is 1. The van der Waals surface area contributed by atoms with Gasteiger partial charge in [-0.25, -0.2) is 4.98 Å². The predicted molar refractivity (Wildman–Crippen MR) is 106 cm³/mol. The van der Waals surface area contributed by atoms with E-state index in [1.807, 2.05) is 13.0 Å². The van der Waals surface area contributed by atoms with Crippen LogP contribution in [0.15, 0.2) is 23.6 Å². The van der Waals surface area contributed by atoms with Gasteiger partial charge in [-0.2, -0.15) is 15.2 Å². The van der Waals surface area contributed by atoms with E-state index in [4.69, 9.17) is 4.74 Å². The Kier molecular flexibility index (Phi) is 4.72. The van der Waals surface area contributed by atoms with Gasteiger partial charge in [0.25, 0.3) is 0 Å². The zero-order chi connectivity index (χ0) is 19.1. The molecule has 0 amide bonds. The summed E-state index contributed by atoms with van der Waals surface area (Å²) in [5.41, 5.74) is 2.13. The number of rotatable bonds is 5. The van der Waals surface area contributed by atoms with Gasteiger partial charge in [-0.15, -0.1) is 0 Å². The van der Waals surface area contributed by atoms with Gasteiger partial charge in [0.1, 0.15) is 5.69 Å². The van der Waals surface area contributed by atoms with Crippen molar-refractivity contribution in [2.24, 2.45) is 7.05 Å². The van der Waals surface area contributed by atoms with Crippen molar-refractivity contribution in [3.63, 3.8) is 0 Å². The van der Waals surface area contributed by atoms with Gasteiger partial charge < -0.3 is 10.1 Å². The number of hydrogen-bond acceptors (Lipinski definition) is 7. The molecule has 0 aliphatic heterocycles. The number of aryl methyl sites for hydroxylation is 2. The Labute approximate surface area is 154 Å². The van der Waals surface area contributed by atoms with Crippen molar-refractivity contribution >= 4 is 36.4 Å². The average Bonchev–Trinajstić information content (AvgIpc) is 3.11. The number of nitrogens with zero attached hydrogens (tertiary/aromatic N) is 6. The van der Waals surface area contributed by atoms with Gasteiger partial charge in [0, 0.05) is 46.3 Å². The smallest absolute Gasteiger partial charge is 0.212 e. The van der Waals surface area contributed by atoms with Crippen LogP contribution in [-0.4, -0.2) is 52.7 Å². The van der Waals surface area contributed by atoms with Crippen LogP contribution in [0, 0.1) is 6.92 Å². The quantitative estimate of drug-likeness (QED) is 0.398. The van der Waals surface area contributed by atoms with Crippen molar-refractivity contribution < 1.29 is 8.95 Å². The number of methoxy groups -OCH3 is 1. The Balaban J connectivity index is 2.21. The molecule has 1 N–H and O–H groups in total. The maximum Gasteiger partial charge on any atom is 0.212 e. The largest absolute Gasteiger partial charge is 0.491 e. The molecule has 138 valence electrons. The SMILES string of the molecule is C=S(C)(=O)c1nc(Nc2cc(C)n(P)n2)c(OC)c(-c2cnn(C)c2)n1. The lowest BCUT2D eigenvalue weighted by atomic mass is 10.2. The first-order valence-corrected chi connectivity index (χ1v) is 10.2. The third-order valence-corrected chi connectivity index (χ3v) is 5.06. The van der Waals surface area contributed by atoms with Crippen LogP contribution in [0.1, 0.15) is 5.69 Å². The Bertz CT molecular complexity index is 1050. The molecular formula is C15H20N7O2PS. The number of ether oxygens (including phenoxy) is 1. The fraction of sp³-hybridized carbons (Fsp3) is 0.267. The molecule has 9 nitrogen and oxygen atoms in total. The maximum absolute atomic E-state index is 12.5. The Hall–Kier alpha value is -2.45. The van der Waals surface area contributed by atoms with E-state index in [1.54, 1.807) is 28.6 Å². The first kappa shape index (κ1) is 18.3. The molecule has 3 rings (SSSR count). The highest BCUT2D eigenvalue weighted by molar-refractivity contribution is 7.99. The van der Waals surface area contributed by atoms with Crippen molar-refractivity contribution in [3.8, 4) is 17.0 Å². The summed E-state index contributed by atoms with van der Waals surface area (Å²) in [6.45, 7) is 1.92. The molecule has 0 aliphatic rings. The van der Waals surface area contributed by atoms with Crippen molar-refractivity contribution in [2.45, 2.75) is 12.1 Å². The predicted octanol–water partition coefficient (Wildman–Crippen LogP) is 1.48. The molecule has 0 spiro atoms. The molecule has 0 bridgehead atoms. The number of hydrogen-bond donors (Lipinski definition) is 1. The van der Waals surface area contributed by atoms with E-state index >= 15 is 0 Å². The lowest BCUT2D eigenvalue weighted by Gasteiger charge is -2.14. The standard InChI is InChI=1S/C15H20N7O2PS/c1-9-6-11(20-22(9)25)17-14-13(24-3)12(10-7-16-21(2)8-10)18-15(19-14)26(4,5)23/h6-8H,4,25H2,1-3,5H3,(H,17,18,19,20). The van der Waals surface area contributed by atoms with Crippen molar-refractivity contribution in [1.82, 2.24) is 29.3 Å². The van der Waals surface area contributed by atoms with E-state index in [-0.39, 0.29) is 5.16 Å². The van der Waals surface area contributed by atoms with Gasteiger partial charge in [0.2, 0.25) is 5.16 Å². The second kappa shape index (κ2) is 6.69. The molecule has 0 saturated carbocycles. The van der Waals surface area contributed by atoms with Crippen LogP contribution in [0.5, 0.6) is 5.75 Å². The fourth-order valence-corrected chi connectivity index (χ4v) is 3.08. The summed E-state index contributed by atoms with van der Waals surface area (Å²) >= 11 is 0. The summed E-state index contributed by atoms with van der Waals surface area (Å²) in [6.07, 6.45) is 4.94. The third-order valence-electron chi connectivity index (χ3n) is 3.58. The number of anilines is 2. The second-order valence-electron chi connectivity index (χ2n) is 5.88. The molecule has 0 saturated heterocycles. The first-order valence-electron chi connectivity index (χ1n) is 7.55. The minimum absolute atomic E-state index is 0.127. The van der Waals surface area contributed by atoms with Gasteiger partial charge in [-0.3, -0.25) is 13.3 Å². The molecular weight excluding hydrogens is 373 g/mol. The third kappa shape index (κ3) is 3.56. The summed E-state index contributed by atoms with van der Waals surface area (Å²) in [5.74, 6) is 5.03. The van der Waals surface area contributed by atoms with Gasteiger partial charge in [-0.05, 0) is 22.2 Å². The average molecular weight is 393 g/mol. The molecule has 2 atom stereocenters. The van der Waals surface area contributed by atoms with Crippen LogP contribution < -0.4 is 10.1 Å². The molecule has 0 aliphatic carbocycles. The van der Waals surface area contributed by atoms with E-state index in [9.17, 15) is 4.21 Å². The Morgan fingerprint density at radius 3 is 2.62 bits per heavy atom. The van der Waals surface area contributed by atoms with E-state index < -0.39 is 9.52 Å². The van der Waals surface area contributed by atoms with E-state index in [0.717, 1.165) is 5.69 Å². The van der Waals surface area contributed by atoms with Gasteiger partial charge >= 0.3 is 0 Å². The van der Waals surface area contributed by atoms with E-state index in [1.165, 1.54) is 13.4 Å². The van der Waals surface area contributed by atoms with Crippen LogP contribution in [0.25, 0.3) is 11.3 Å². The minimum Gasteiger partial charge on any atom is -0.491 e. The topological polar surface area (TPSA) is 99.8 Å². The molecule has 0 aromatic carbocycles. The maximum atomic E-state index is 12.5. The molecule has 2 unspecified atom stereocenters. The van der Waals surface area contributed by atoms with Crippen LogP contribution in [-0.2, 0) is 16.6 Å². The molecule has 3 heterocycles. The van der Waals surface area contributed by atoms with Crippen molar-refractivity contribution in [1.29, 1.82) is 0 Å². The van der Waals surface area contributed by atoms with Gasteiger partial charge in [0.05, 0.1) is 13.3 Å². The summed E-state index contributed by atoms with van der Waals surface area (Å²) in [5, 5.41) is 11.7. The second-order valence-corrected chi connectivity index (χ2v) is 8.75. The highest BCUT2D eigenvalue weighted by atomic mass is 32.2. The monoisotopic (exact) mass is 393 g/mol. The molecule has 11 heteroatoms. The van der Waals surface area contributed by atoms with Crippen LogP contribution in [0.4, 0.5) is 11.6 Å². The summed E-state index contributed by atoms with van der Waals surface area (Å²) < 4.78 is 21.3. The van der Waals surface area contributed by atoms with E-state index in [2.05, 4.69) is 40.7 Å². The minimum atomic E-state index is -2.64. The lowest BCUT2D eigenvalue weighted by molar-refractivity contribution is 0.413. The normalized spacial score (nSPS) is 13.4. The summed E-state index contributed by atoms with van der Waals surface area (Å²) in [7, 11) is 3.17. The molecule has 0 fully saturated rings. The Morgan fingerprint density at radius 1 is 1.38 bits per heavy atom. The van der Waals surface area contributed by atoms with Crippen LogP contribution in [0.2, 0.25) is 0 Å². The van der Waals surface area contributed by atoms with Gasteiger partial charge in [-0.1, -0.05) is 0 Å². The first-order chi connectivity index (χ1) is 12.2. The van der Waals surface area contributed by atoms with Crippen LogP contribution in [0.3, 0.4) is 0 Å². The summed E-state index contributed by atoms with van der Waals surface area (Å²) in [4.78, 5) is 8.80. The van der Waals surface area contributed by atoms with Crippen LogP contribution >= 0.6 is 9.39 Å². The number of aromatic nitrogens is 6. The zero-order valence-electron chi connectivity index (χ0n) is 14.9.